The molecule has 0 aromatic heterocycles. The van der Waals surface area contributed by atoms with Crippen LogP contribution in [0.1, 0.15) is 11.1 Å². The number of benzene rings is 1. The van der Waals surface area contributed by atoms with E-state index in [1.165, 1.54) is 19.2 Å². The van der Waals surface area contributed by atoms with Crippen LogP contribution in [-0.2, 0) is 24.3 Å². The van der Waals surface area contributed by atoms with Crippen LogP contribution >= 0.6 is 0 Å². The number of carbonyl (C=O) groups is 2. The number of aryl methyl sites for hydroxylation is 2. The fourth-order valence-electron chi connectivity index (χ4n) is 1.39. The number of sulfonamides is 1. The molecule has 0 atom stereocenters. The Kier molecular flexibility index (Phi) is 5.86. The Hall–Kier alpha value is -1.93. The molecule has 0 heterocycles. The number of hydrogen-bond acceptors (Lipinski definition) is 5. The summed E-state index contributed by atoms with van der Waals surface area (Å²) in [5, 5.41) is 2.28. The molecule has 0 saturated heterocycles. The molecular formula is C13H18N2O5S. The van der Waals surface area contributed by atoms with Gasteiger partial charge in [0.05, 0.1) is 4.90 Å². The highest BCUT2D eigenvalue weighted by molar-refractivity contribution is 7.89. The zero-order valence-corrected chi connectivity index (χ0v) is 12.9. The Labute approximate surface area is 123 Å². The summed E-state index contributed by atoms with van der Waals surface area (Å²) in [6.45, 7) is 2.69. The Morgan fingerprint density at radius 1 is 1.19 bits per heavy atom. The van der Waals surface area contributed by atoms with E-state index in [0.717, 1.165) is 11.1 Å². The summed E-state index contributed by atoms with van der Waals surface area (Å²) in [6, 6.07) is 4.67. The van der Waals surface area contributed by atoms with Crippen molar-refractivity contribution < 1.29 is 22.7 Å². The molecule has 2 N–H and O–H groups in total. The molecule has 7 nitrogen and oxygen atoms in total. The molecule has 1 aromatic rings. The molecule has 0 spiro atoms. The number of rotatable bonds is 6. The van der Waals surface area contributed by atoms with Crippen molar-refractivity contribution >= 4 is 21.9 Å². The molecule has 8 heteroatoms. The van der Waals surface area contributed by atoms with Gasteiger partial charge in [0.1, 0.15) is 6.54 Å². The molecular weight excluding hydrogens is 296 g/mol. The van der Waals surface area contributed by atoms with Crippen LogP contribution in [0.5, 0.6) is 0 Å². The van der Waals surface area contributed by atoms with Gasteiger partial charge >= 0.3 is 5.97 Å². The minimum absolute atomic E-state index is 0.0738. The molecule has 116 valence electrons. The summed E-state index contributed by atoms with van der Waals surface area (Å²) in [6.07, 6.45) is 0. The minimum Gasteiger partial charge on any atom is -0.455 e. The minimum atomic E-state index is -3.79. The predicted molar refractivity (Wildman–Crippen MR) is 76.1 cm³/mol. The van der Waals surface area contributed by atoms with Gasteiger partial charge in [0.15, 0.2) is 6.61 Å². The lowest BCUT2D eigenvalue weighted by Crippen LogP contribution is -2.33. The smallest absolute Gasteiger partial charge is 0.321 e. The summed E-state index contributed by atoms with van der Waals surface area (Å²) in [5.41, 5.74) is 1.80. The maximum absolute atomic E-state index is 12.0. The van der Waals surface area contributed by atoms with Gasteiger partial charge in [-0.2, -0.15) is 4.72 Å². The summed E-state index contributed by atoms with van der Waals surface area (Å²) in [5.74, 6) is -1.30. The molecule has 0 aliphatic carbocycles. The van der Waals surface area contributed by atoms with Crippen LogP contribution < -0.4 is 10.0 Å². The van der Waals surface area contributed by atoms with E-state index in [2.05, 4.69) is 14.8 Å². The van der Waals surface area contributed by atoms with Crippen LogP contribution in [0.25, 0.3) is 0 Å². The van der Waals surface area contributed by atoms with Crippen molar-refractivity contribution in [3.05, 3.63) is 29.3 Å². The van der Waals surface area contributed by atoms with Gasteiger partial charge in [-0.3, -0.25) is 9.59 Å². The molecule has 0 aliphatic heterocycles. The van der Waals surface area contributed by atoms with Crippen LogP contribution in [-0.4, -0.2) is 40.5 Å². The van der Waals surface area contributed by atoms with Crippen molar-refractivity contribution in [2.24, 2.45) is 0 Å². The first-order valence-corrected chi connectivity index (χ1v) is 7.67. The first-order valence-electron chi connectivity index (χ1n) is 6.19. The Bertz CT molecular complexity index is 640. The normalized spacial score (nSPS) is 11.0. The first-order chi connectivity index (χ1) is 9.76. The number of ether oxygens (including phenoxy) is 1. The van der Waals surface area contributed by atoms with Gasteiger partial charge in [0.25, 0.3) is 5.91 Å². The zero-order valence-electron chi connectivity index (χ0n) is 12.1. The molecule has 0 fully saturated rings. The quantitative estimate of drug-likeness (QED) is 0.712. The van der Waals surface area contributed by atoms with Crippen molar-refractivity contribution in [2.45, 2.75) is 18.7 Å². The third kappa shape index (κ3) is 5.16. The van der Waals surface area contributed by atoms with Crippen LogP contribution in [0.3, 0.4) is 0 Å². The van der Waals surface area contributed by atoms with Gasteiger partial charge < -0.3 is 10.1 Å². The van der Waals surface area contributed by atoms with Gasteiger partial charge in [-0.05, 0) is 37.1 Å². The molecule has 0 saturated carbocycles. The molecule has 1 aromatic carbocycles. The lowest BCUT2D eigenvalue weighted by Gasteiger charge is -2.08. The summed E-state index contributed by atoms with van der Waals surface area (Å²) < 4.78 is 30.7. The molecule has 0 bridgehead atoms. The highest BCUT2D eigenvalue weighted by atomic mass is 32.2. The van der Waals surface area contributed by atoms with Crippen LogP contribution in [0, 0.1) is 13.8 Å². The monoisotopic (exact) mass is 314 g/mol. The number of esters is 1. The lowest BCUT2D eigenvalue weighted by atomic mass is 10.1. The van der Waals surface area contributed by atoms with Crippen molar-refractivity contribution in [2.75, 3.05) is 20.2 Å². The Balaban J connectivity index is 2.62. The van der Waals surface area contributed by atoms with E-state index in [9.17, 15) is 18.0 Å². The molecule has 0 unspecified atom stereocenters. The number of hydrogen-bond donors (Lipinski definition) is 2. The maximum Gasteiger partial charge on any atom is 0.321 e. The molecule has 0 aliphatic rings. The zero-order chi connectivity index (χ0) is 16.0. The van der Waals surface area contributed by atoms with E-state index in [1.54, 1.807) is 13.0 Å². The second-order valence-electron chi connectivity index (χ2n) is 4.40. The second kappa shape index (κ2) is 7.19. The van der Waals surface area contributed by atoms with Gasteiger partial charge in [0, 0.05) is 7.05 Å². The Morgan fingerprint density at radius 3 is 2.43 bits per heavy atom. The first kappa shape index (κ1) is 17.1. The average molecular weight is 314 g/mol. The summed E-state index contributed by atoms with van der Waals surface area (Å²) >= 11 is 0. The topological polar surface area (TPSA) is 102 Å². The van der Waals surface area contributed by atoms with Gasteiger partial charge in [-0.15, -0.1) is 0 Å². The largest absolute Gasteiger partial charge is 0.455 e. The molecule has 21 heavy (non-hydrogen) atoms. The number of amides is 1. The van der Waals surface area contributed by atoms with E-state index >= 15 is 0 Å². The molecule has 0 radical (unpaired) electrons. The summed E-state index contributed by atoms with van der Waals surface area (Å²) in [4.78, 5) is 22.3. The SMILES string of the molecule is CNC(=O)COC(=O)CNS(=O)(=O)c1ccc(C)c(C)c1. The highest BCUT2D eigenvalue weighted by Gasteiger charge is 2.17. The van der Waals surface area contributed by atoms with Crippen molar-refractivity contribution in [3.8, 4) is 0 Å². The summed E-state index contributed by atoms with van der Waals surface area (Å²) in [7, 11) is -2.39. The van der Waals surface area contributed by atoms with Gasteiger partial charge in [-0.1, -0.05) is 6.07 Å². The Morgan fingerprint density at radius 2 is 1.86 bits per heavy atom. The van der Waals surface area contributed by atoms with Crippen LogP contribution in [0.15, 0.2) is 23.1 Å². The van der Waals surface area contributed by atoms with Crippen LogP contribution in [0.4, 0.5) is 0 Å². The third-order valence-corrected chi connectivity index (χ3v) is 4.24. The van der Waals surface area contributed by atoms with Crippen molar-refractivity contribution in [1.29, 1.82) is 0 Å². The lowest BCUT2D eigenvalue weighted by molar-refractivity contribution is -0.147. The van der Waals surface area contributed by atoms with E-state index in [0.29, 0.717) is 0 Å². The van der Waals surface area contributed by atoms with E-state index in [-0.39, 0.29) is 4.90 Å². The molecule has 1 rings (SSSR count). The number of likely N-dealkylation sites (N-methyl/N-ethyl adjacent to an activating group) is 1. The fourth-order valence-corrected chi connectivity index (χ4v) is 2.44. The van der Waals surface area contributed by atoms with Crippen molar-refractivity contribution in [3.63, 3.8) is 0 Å². The third-order valence-electron chi connectivity index (χ3n) is 2.84. The second-order valence-corrected chi connectivity index (χ2v) is 6.17. The van der Waals surface area contributed by atoms with E-state index in [1.807, 2.05) is 6.92 Å². The standard InChI is InChI=1S/C13H18N2O5S/c1-9-4-5-11(6-10(9)2)21(18,19)15-7-13(17)20-8-12(16)14-3/h4-6,15H,7-8H2,1-3H3,(H,14,16). The van der Waals surface area contributed by atoms with Gasteiger partial charge in [0.2, 0.25) is 10.0 Å². The average Bonchev–Trinajstić information content (AvgIpc) is 2.45. The van der Waals surface area contributed by atoms with E-state index < -0.39 is 35.1 Å². The highest BCUT2D eigenvalue weighted by Crippen LogP contribution is 2.14. The molecule has 1 amide bonds. The number of carbonyl (C=O) groups excluding carboxylic acids is 2. The van der Waals surface area contributed by atoms with Gasteiger partial charge in [-0.25, -0.2) is 8.42 Å². The number of nitrogens with one attached hydrogen (secondary N) is 2. The maximum atomic E-state index is 12.0. The van der Waals surface area contributed by atoms with Crippen molar-refractivity contribution in [1.82, 2.24) is 10.0 Å². The van der Waals surface area contributed by atoms with Crippen LogP contribution in [0.2, 0.25) is 0 Å². The fraction of sp³-hybridized carbons (Fsp3) is 0.385. The predicted octanol–water partition coefficient (Wildman–Crippen LogP) is -0.129. The van der Waals surface area contributed by atoms with E-state index in [4.69, 9.17) is 0 Å².